The molecule has 5 heterocycles. The van der Waals surface area contributed by atoms with E-state index in [1.165, 1.54) is 17.5 Å². The molecule has 10 aromatic rings. The third-order valence-electron chi connectivity index (χ3n) is 18.1. The lowest BCUT2D eigenvalue weighted by atomic mass is 9.78. The average Bonchev–Trinajstić information content (AvgIpc) is 1.64. The summed E-state index contributed by atoms with van der Waals surface area (Å²) in [6.07, 6.45) is 9.43. The number of ketones is 3. The highest BCUT2D eigenvalue weighted by atomic mass is 79.9. The number of amides is 1. The van der Waals surface area contributed by atoms with Gasteiger partial charge in [-0.05, 0) is 185 Å². The van der Waals surface area contributed by atoms with Crippen molar-refractivity contribution in [2.45, 2.75) is 149 Å². The molecule has 3 aliphatic rings. The van der Waals surface area contributed by atoms with Crippen molar-refractivity contribution in [2.24, 2.45) is 0 Å². The fourth-order valence-corrected chi connectivity index (χ4v) is 11.9. The third kappa shape index (κ3) is 18.5. The van der Waals surface area contributed by atoms with E-state index in [1.807, 2.05) is 115 Å². The second kappa shape index (κ2) is 32.2. The Labute approximate surface area is 601 Å². The smallest absolute Gasteiger partial charge is 0.489 e. The number of nitrogens with one attached hydrogen (secondary N) is 1. The molecule has 13 rings (SSSR count). The maximum atomic E-state index is 13.2. The number of hydrogen-bond acceptors (Lipinski definition) is 15. The van der Waals surface area contributed by atoms with Crippen molar-refractivity contribution < 1.29 is 57.8 Å². The minimum absolute atomic E-state index is 0.173. The van der Waals surface area contributed by atoms with E-state index in [-0.39, 0.29) is 29.9 Å². The van der Waals surface area contributed by atoms with Crippen LogP contribution in [-0.4, -0.2) is 136 Å². The number of Topliss-reactive ketones (excluding diaryl/α,β-unsaturated/α-hetero) is 3. The van der Waals surface area contributed by atoms with E-state index >= 15 is 0 Å². The first-order valence-electron chi connectivity index (χ1n) is 34.0. The molecule has 2 atom stereocenters. The fourth-order valence-electron chi connectivity index (χ4n) is 11.3. The molecule has 3 fully saturated rings. The van der Waals surface area contributed by atoms with Crippen molar-refractivity contribution in [2.75, 3.05) is 26.2 Å². The van der Waals surface area contributed by atoms with E-state index in [2.05, 4.69) is 95.2 Å². The van der Waals surface area contributed by atoms with Crippen LogP contribution in [0, 0.1) is 0 Å². The zero-order chi connectivity index (χ0) is 72.6. The van der Waals surface area contributed by atoms with E-state index in [1.54, 1.807) is 73.7 Å². The van der Waals surface area contributed by atoms with Crippen LogP contribution in [0.2, 0.25) is 5.02 Å². The van der Waals surface area contributed by atoms with Gasteiger partial charge in [0.25, 0.3) is 17.5 Å². The van der Waals surface area contributed by atoms with Gasteiger partial charge in [-0.3, -0.25) is 33.2 Å². The third-order valence-corrected chi connectivity index (χ3v) is 18.9. The number of fused-ring (bicyclic) bond motifs is 3. The summed E-state index contributed by atoms with van der Waals surface area (Å²) in [5, 5.41) is 40.3. The highest BCUT2D eigenvalue weighted by Gasteiger charge is 2.51. The lowest BCUT2D eigenvalue weighted by molar-refractivity contribution is -0.137. The molecule has 0 bridgehead atoms. The number of esters is 1. The van der Waals surface area contributed by atoms with Gasteiger partial charge in [-0.15, -0.1) is 0 Å². The van der Waals surface area contributed by atoms with Gasteiger partial charge in [0, 0.05) is 80.6 Å². The van der Waals surface area contributed by atoms with E-state index in [4.69, 9.17) is 35.5 Å². The van der Waals surface area contributed by atoms with Crippen molar-refractivity contribution >= 4 is 108 Å². The molecule has 3 aromatic heterocycles. The minimum atomic E-state index is -1.45. The normalized spacial score (nSPS) is 15.3. The highest BCUT2D eigenvalue weighted by Crippen LogP contribution is 2.38. The van der Waals surface area contributed by atoms with E-state index in [9.17, 15) is 33.9 Å². The van der Waals surface area contributed by atoms with E-state index < -0.39 is 65.7 Å². The van der Waals surface area contributed by atoms with Gasteiger partial charge >= 0.3 is 19.1 Å². The second-order valence-corrected chi connectivity index (χ2v) is 28.6. The van der Waals surface area contributed by atoms with Crippen LogP contribution in [0.15, 0.2) is 169 Å². The summed E-state index contributed by atoms with van der Waals surface area (Å²) in [5.41, 5.74) is 7.91. The molecule has 1 amide bonds. The second-order valence-electron chi connectivity index (χ2n) is 27.3. The number of aliphatic carboxylic acids is 1. The number of carbonyl (C=O) groups excluding carboxylic acids is 5. The number of nitrogens with zero attached hydrogens (tertiary/aromatic N) is 7. The Morgan fingerprint density at radius 3 is 1.50 bits per heavy atom. The Morgan fingerprint density at radius 1 is 0.604 bits per heavy atom. The van der Waals surface area contributed by atoms with Crippen LogP contribution in [0.5, 0.6) is 5.75 Å². The Morgan fingerprint density at radius 2 is 1.05 bits per heavy atom. The Balaban J connectivity index is 0.000000160. The van der Waals surface area contributed by atoms with Crippen LogP contribution in [-0.2, 0) is 28.4 Å². The standard InChI is InChI=1S/C34H37ClN4O4.C18H16N2O3.C16H21BO5.C10H11BrN2/c1-21(2)39-19-26-10-9-24(18-29(26)37-39)22-5-7-23(8-6-22)33(41)34(42)36-30(20-38-15-3-4-16-38)32(40)25-11-14-31(28(35)17-25)43-27-12-13-27;1-11(2)20-10-15-8-7-14(9-16(15)19-20)12-3-5-13(6-4-12)17(21)18(22)23;1-6-20-14(19)13(18)11-7-9-12(10-8-11)17-21-15(2,3)16(4,5)22-17;1-7(2)13-6-8-3-4-9(11)5-10(8)12-13/h5-11,14,17-19,21,27,30,32,40H,3-4,12-13,15-16,20H2,1-2H3,(H,36,42);3-11H,1-2H3,(H,22,23);7-10H,6H2,1-5H3;3-7H,1-2H3/t30-,32-;;;/m1.../s1. The molecule has 101 heavy (non-hydrogen) atoms. The molecule has 2 aliphatic heterocycles. The number of carboxylic acid groups (broad SMARTS) is 1. The number of aliphatic hydroxyl groups is 1. The molecule has 0 unspecified atom stereocenters. The minimum Gasteiger partial charge on any atom is -0.489 e. The maximum absolute atomic E-state index is 13.2. The zero-order valence-corrected chi connectivity index (χ0v) is 61.0. The number of hydrogen-bond donors (Lipinski definition) is 3. The Hall–Kier alpha value is -9.16. The SMILES string of the molecule is CC(C)n1cc2ccc(-c3ccc(C(=O)C(=O)N[C@H](CN4CCCC4)[C@H](O)c4ccc(OC5CC5)c(Cl)c4)cc3)cc2n1.CC(C)n1cc2ccc(-c3ccc(C(=O)C(=O)O)cc3)cc2n1.CC(C)n1cc2ccc(Br)cc2n1.CCOC(=O)C(=O)c1ccc(B2OC(C)(C)C(C)(C)O2)cc1. The molecule has 23 heteroatoms. The number of likely N-dealkylation sites (tertiary alicyclic amines) is 1. The van der Waals surface area contributed by atoms with Gasteiger partial charge in [0.2, 0.25) is 5.78 Å². The van der Waals surface area contributed by atoms with Crippen molar-refractivity contribution in [1.29, 1.82) is 0 Å². The molecule has 526 valence electrons. The van der Waals surface area contributed by atoms with Gasteiger partial charge in [0.15, 0.2) is 0 Å². The van der Waals surface area contributed by atoms with Gasteiger partial charge in [0.05, 0.1) is 51.5 Å². The summed E-state index contributed by atoms with van der Waals surface area (Å²) >= 11 is 9.89. The summed E-state index contributed by atoms with van der Waals surface area (Å²) in [4.78, 5) is 74.0. The number of carboxylic acids is 1. The number of carbonyl (C=O) groups is 6. The van der Waals surface area contributed by atoms with Gasteiger partial charge in [0.1, 0.15) is 11.9 Å². The number of benzene rings is 7. The van der Waals surface area contributed by atoms with Crippen LogP contribution in [0.4, 0.5) is 0 Å². The first-order chi connectivity index (χ1) is 48.0. The van der Waals surface area contributed by atoms with Crippen LogP contribution in [0.3, 0.4) is 0 Å². The largest absolute Gasteiger partial charge is 0.494 e. The van der Waals surface area contributed by atoms with Crippen LogP contribution >= 0.6 is 27.5 Å². The van der Waals surface area contributed by atoms with Crippen molar-refractivity contribution in [3.05, 3.63) is 196 Å². The van der Waals surface area contributed by atoms with E-state index in [0.29, 0.717) is 40.5 Å². The average molecular weight is 1450 g/mol. The van der Waals surface area contributed by atoms with Crippen LogP contribution in [0.1, 0.15) is 163 Å². The molecule has 7 aromatic carbocycles. The molecule has 20 nitrogen and oxygen atoms in total. The predicted molar refractivity (Wildman–Crippen MR) is 396 cm³/mol. The molecule has 3 N–H and O–H groups in total. The van der Waals surface area contributed by atoms with Crippen molar-refractivity contribution in [1.82, 2.24) is 39.6 Å². The highest BCUT2D eigenvalue weighted by molar-refractivity contribution is 9.10. The predicted octanol–water partition coefficient (Wildman–Crippen LogP) is 14.6. The topological polar surface area (TPSA) is 249 Å². The molecule has 1 saturated carbocycles. The van der Waals surface area contributed by atoms with Gasteiger partial charge in [-0.25, -0.2) is 9.59 Å². The Kier molecular flexibility index (Phi) is 23.8. The summed E-state index contributed by atoms with van der Waals surface area (Å²) in [6.45, 7) is 24.5. The number of ether oxygens (including phenoxy) is 2. The lowest BCUT2D eigenvalue weighted by Gasteiger charge is -2.32. The molecule has 0 radical (unpaired) electrons. The van der Waals surface area contributed by atoms with Crippen molar-refractivity contribution in [3.63, 3.8) is 0 Å². The first kappa shape index (κ1) is 74.5. The van der Waals surface area contributed by atoms with Gasteiger partial charge in [-0.1, -0.05) is 137 Å². The quantitative estimate of drug-likeness (QED) is 0.0278. The fraction of sp³-hybridized carbons (Fsp3) is 0.346. The lowest BCUT2D eigenvalue weighted by Crippen LogP contribution is -2.48. The number of halogens is 2. The molecule has 2 saturated heterocycles. The van der Waals surface area contributed by atoms with Crippen LogP contribution in [0.25, 0.3) is 55.0 Å². The Bertz CT molecular complexity index is 4620. The van der Waals surface area contributed by atoms with Gasteiger partial charge in [-0.2, -0.15) is 15.3 Å². The zero-order valence-electron chi connectivity index (χ0n) is 58.7. The summed E-state index contributed by atoms with van der Waals surface area (Å²) in [7, 11) is -0.489. The first-order valence-corrected chi connectivity index (χ1v) is 35.2. The summed E-state index contributed by atoms with van der Waals surface area (Å²) < 4.78 is 29.3. The molecule has 1 aliphatic carbocycles. The number of rotatable bonds is 20. The van der Waals surface area contributed by atoms with Crippen molar-refractivity contribution in [3.8, 4) is 28.0 Å². The van der Waals surface area contributed by atoms with Gasteiger partial charge < -0.3 is 39.2 Å². The molecule has 0 spiro atoms. The molecular weight excluding hydrogens is 1370 g/mol. The van der Waals surface area contributed by atoms with E-state index in [0.717, 1.165) is 98.3 Å². The maximum Gasteiger partial charge on any atom is 0.494 e. The number of aliphatic hydroxyl groups excluding tert-OH is 1. The molecular formula is C78H85BBrClN8O12. The summed E-state index contributed by atoms with van der Waals surface area (Å²) in [6, 6.07) is 43.9. The summed E-state index contributed by atoms with van der Waals surface area (Å²) in [5.74, 6) is -4.66. The number of aromatic nitrogens is 6. The monoisotopic (exact) mass is 1450 g/mol. The van der Waals surface area contributed by atoms with Crippen LogP contribution < -0.4 is 15.5 Å².